The Balaban J connectivity index is 2.21. The van der Waals surface area contributed by atoms with E-state index in [1.54, 1.807) is 25.7 Å². The van der Waals surface area contributed by atoms with Crippen molar-refractivity contribution >= 4 is 17.9 Å². The number of likely N-dealkylation sites (tertiary alicyclic amines) is 1. The lowest BCUT2D eigenvalue weighted by Crippen LogP contribution is -2.44. The summed E-state index contributed by atoms with van der Waals surface area (Å²) in [4.78, 5) is 37.7. The Hall–Kier alpha value is -1.79. The molecule has 1 fully saturated rings. The molecule has 150 valence electrons. The average molecular weight is 370 g/mol. The van der Waals surface area contributed by atoms with Crippen molar-refractivity contribution in [3.05, 3.63) is 0 Å². The molecule has 0 aromatic carbocycles. The van der Waals surface area contributed by atoms with Crippen LogP contribution in [0, 0.1) is 5.92 Å². The number of hydrogen-bond acceptors (Lipinski definition) is 4. The summed E-state index contributed by atoms with van der Waals surface area (Å²) >= 11 is 0. The Labute approximate surface area is 157 Å². The number of carbonyl (C=O) groups excluding carboxylic acids is 3. The molecule has 2 N–H and O–H groups in total. The zero-order valence-electron chi connectivity index (χ0n) is 16.7. The Kier molecular flexibility index (Phi) is 9.44. The maximum Gasteiger partial charge on any atom is 0.407 e. The topological polar surface area (TPSA) is 87.7 Å². The van der Waals surface area contributed by atoms with E-state index in [1.165, 1.54) is 0 Å². The van der Waals surface area contributed by atoms with Gasteiger partial charge in [0, 0.05) is 38.5 Å². The number of carbonyl (C=O) groups is 3. The maximum absolute atomic E-state index is 12.2. The van der Waals surface area contributed by atoms with Gasteiger partial charge in [0.25, 0.3) is 0 Å². The molecule has 1 saturated heterocycles. The van der Waals surface area contributed by atoms with Crippen molar-refractivity contribution in [2.75, 3.05) is 26.2 Å². The molecule has 0 spiro atoms. The van der Waals surface area contributed by atoms with Crippen LogP contribution in [0.4, 0.5) is 4.79 Å². The minimum atomic E-state index is -0.549. The standard InChI is InChI=1S/C19H35N3O4/c1-5-6-7-11-20-17(24)15-9-13-22(14-10-15)16(23)8-12-21-18(25)26-19(2,3)4/h15H,5-14H2,1-4H3,(H,20,24)(H,21,25). The van der Waals surface area contributed by atoms with Gasteiger partial charge in [0.15, 0.2) is 0 Å². The Morgan fingerprint density at radius 1 is 1.04 bits per heavy atom. The molecule has 1 rings (SSSR count). The summed E-state index contributed by atoms with van der Waals surface area (Å²) in [6.07, 6.45) is 4.42. The Morgan fingerprint density at radius 2 is 1.69 bits per heavy atom. The third kappa shape index (κ3) is 9.06. The van der Waals surface area contributed by atoms with Gasteiger partial charge in [0.05, 0.1) is 0 Å². The van der Waals surface area contributed by atoms with Crippen LogP contribution in [0.2, 0.25) is 0 Å². The number of amides is 3. The number of alkyl carbamates (subject to hydrolysis) is 1. The summed E-state index contributed by atoms with van der Waals surface area (Å²) in [6, 6.07) is 0. The van der Waals surface area contributed by atoms with Gasteiger partial charge in [-0.15, -0.1) is 0 Å². The molecule has 0 unspecified atom stereocenters. The van der Waals surface area contributed by atoms with E-state index >= 15 is 0 Å². The lowest BCUT2D eigenvalue weighted by Gasteiger charge is -2.31. The van der Waals surface area contributed by atoms with Gasteiger partial charge in [0.1, 0.15) is 5.60 Å². The van der Waals surface area contributed by atoms with Crippen LogP contribution in [0.3, 0.4) is 0 Å². The highest BCUT2D eigenvalue weighted by Crippen LogP contribution is 2.18. The van der Waals surface area contributed by atoms with Crippen molar-refractivity contribution in [3.63, 3.8) is 0 Å². The quantitative estimate of drug-likeness (QED) is 0.643. The number of rotatable bonds is 8. The fourth-order valence-electron chi connectivity index (χ4n) is 2.87. The zero-order valence-corrected chi connectivity index (χ0v) is 16.7. The van der Waals surface area contributed by atoms with Crippen LogP contribution in [0.5, 0.6) is 0 Å². The van der Waals surface area contributed by atoms with E-state index < -0.39 is 11.7 Å². The predicted molar refractivity (Wildman–Crippen MR) is 101 cm³/mol. The molecular formula is C19H35N3O4. The molecule has 1 aliphatic heterocycles. The second-order valence-electron chi connectivity index (χ2n) is 7.83. The van der Waals surface area contributed by atoms with Crippen LogP contribution in [0.1, 0.15) is 66.2 Å². The highest BCUT2D eigenvalue weighted by molar-refractivity contribution is 5.80. The molecule has 26 heavy (non-hydrogen) atoms. The number of nitrogens with one attached hydrogen (secondary N) is 2. The maximum atomic E-state index is 12.2. The summed E-state index contributed by atoms with van der Waals surface area (Å²) in [7, 11) is 0. The zero-order chi connectivity index (χ0) is 19.6. The van der Waals surface area contributed by atoms with Crippen LogP contribution < -0.4 is 10.6 Å². The molecule has 0 radical (unpaired) electrons. The van der Waals surface area contributed by atoms with Gasteiger partial charge in [0.2, 0.25) is 11.8 Å². The van der Waals surface area contributed by atoms with Crippen LogP contribution in [0.15, 0.2) is 0 Å². The van der Waals surface area contributed by atoms with Gasteiger partial charge in [-0.2, -0.15) is 0 Å². The first-order valence-corrected chi connectivity index (χ1v) is 9.75. The summed E-state index contributed by atoms with van der Waals surface area (Å²) < 4.78 is 5.13. The fourth-order valence-corrected chi connectivity index (χ4v) is 2.87. The summed E-state index contributed by atoms with van der Waals surface area (Å²) in [5.74, 6) is 0.114. The van der Waals surface area contributed by atoms with Gasteiger partial charge in [-0.3, -0.25) is 9.59 Å². The lowest BCUT2D eigenvalue weighted by atomic mass is 9.95. The van der Waals surface area contributed by atoms with Crippen LogP contribution >= 0.6 is 0 Å². The van der Waals surface area contributed by atoms with Gasteiger partial charge < -0.3 is 20.3 Å². The highest BCUT2D eigenvalue weighted by atomic mass is 16.6. The second kappa shape index (κ2) is 11.0. The summed E-state index contributed by atoms with van der Waals surface area (Å²) in [6.45, 7) is 9.70. The Bertz CT molecular complexity index is 466. The van der Waals surface area contributed by atoms with E-state index in [0.717, 1.165) is 25.8 Å². The molecule has 3 amide bonds. The van der Waals surface area contributed by atoms with Crippen LogP contribution in [-0.4, -0.2) is 54.6 Å². The monoisotopic (exact) mass is 369 g/mol. The normalized spacial score (nSPS) is 15.5. The van der Waals surface area contributed by atoms with E-state index in [0.29, 0.717) is 25.9 Å². The van der Waals surface area contributed by atoms with Crippen molar-refractivity contribution in [2.45, 2.75) is 71.8 Å². The van der Waals surface area contributed by atoms with E-state index in [4.69, 9.17) is 4.74 Å². The average Bonchev–Trinajstić information content (AvgIpc) is 2.57. The van der Waals surface area contributed by atoms with E-state index in [2.05, 4.69) is 17.6 Å². The molecule has 0 aromatic heterocycles. The van der Waals surface area contributed by atoms with Crippen molar-refractivity contribution < 1.29 is 19.1 Å². The third-order valence-corrected chi connectivity index (χ3v) is 4.31. The van der Waals surface area contributed by atoms with E-state index in [1.807, 2.05) is 0 Å². The van der Waals surface area contributed by atoms with Gasteiger partial charge >= 0.3 is 6.09 Å². The number of piperidine rings is 1. The minimum Gasteiger partial charge on any atom is -0.444 e. The van der Waals surface area contributed by atoms with Crippen molar-refractivity contribution in [2.24, 2.45) is 5.92 Å². The first-order valence-electron chi connectivity index (χ1n) is 9.75. The van der Waals surface area contributed by atoms with Gasteiger partial charge in [-0.25, -0.2) is 4.79 Å². The largest absolute Gasteiger partial charge is 0.444 e. The molecule has 0 bridgehead atoms. The molecule has 0 atom stereocenters. The van der Waals surface area contributed by atoms with Gasteiger partial charge in [-0.1, -0.05) is 19.8 Å². The molecule has 7 nitrogen and oxygen atoms in total. The van der Waals surface area contributed by atoms with E-state index in [9.17, 15) is 14.4 Å². The van der Waals surface area contributed by atoms with E-state index in [-0.39, 0.29) is 30.7 Å². The minimum absolute atomic E-state index is 0.000523. The smallest absolute Gasteiger partial charge is 0.407 e. The number of hydrogen-bond donors (Lipinski definition) is 2. The molecule has 0 saturated carbocycles. The van der Waals surface area contributed by atoms with Crippen LogP contribution in [-0.2, 0) is 14.3 Å². The van der Waals surface area contributed by atoms with Crippen molar-refractivity contribution in [1.29, 1.82) is 0 Å². The molecular weight excluding hydrogens is 334 g/mol. The number of unbranched alkanes of at least 4 members (excludes halogenated alkanes) is 2. The summed E-state index contributed by atoms with van der Waals surface area (Å²) in [5.41, 5.74) is -0.549. The first-order chi connectivity index (χ1) is 12.2. The Morgan fingerprint density at radius 3 is 2.27 bits per heavy atom. The molecule has 1 heterocycles. The van der Waals surface area contributed by atoms with Gasteiger partial charge in [-0.05, 0) is 40.0 Å². The molecule has 1 aliphatic rings. The lowest BCUT2D eigenvalue weighted by molar-refractivity contribution is -0.135. The third-order valence-electron chi connectivity index (χ3n) is 4.31. The summed E-state index contributed by atoms with van der Waals surface area (Å²) in [5, 5.41) is 5.59. The van der Waals surface area contributed by atoms with Crippen molar-refractivity contribution in [3.8, 4) is 0 Å². The molecule has 0 aromatic rings. The second-order valence-corrected chi connectivity index (χ2v) is 7.83. The van der Waals surface area contributed by atoms with Crippen LogP contribution in [0.25, 0.3) is 0 Å². The highest BCUT2D eigenvalue weighted by Gasteiger charge is 2.27. The molecule has 7 heteroatoms. The predicted octanol–water partition coefficient (Wildman–Crippen LogP) is 2.45. The molecule has 0 aliphatic carbocycles. The fraction of sp³-hybridized carbons (Fsp3) is 0.842. The first kappa shape index (κ1) is 22.3. The van der Waals surface area contributed by atoms with Crippen molar-refractivity contribution in [1.82, 2.24) is 15.5 Å². The SMILES string of the molecule is CCCCCNC(=O)C1CCN(C(=O)CCNC(=O)OC(C)(C)C)CC1. The number of ether oxygens (including phenoxy) is 1. The number of nitrogens with zero attached hydrogens (tertiary/aromatic N) is 1.